The normalized spacial score (nSPS) is 15.0. The second kappa shape index (κ2) is 8.79. The molecule has 0 atom stereocenters. The molecule has 152 valence electrons. The van der Waals surface area contributed by atoms with E-state index in [1.807, 2.05) is 55.1 Å². The molecule has 2 heterocycles. The molecule has 29 heavy (non-hydrogen) atoms. The first-order chi connectivity index (χ1) is 14.0. The zero-order valence-corrected chi connectivity index (χ0v) is 18.2. The molecule has 1 aliphatic heterocycles. The molecule has 0 radical (unpaired) electrons. The number of rotatable bonds is 5. The van der Waals surface area contributed by atoms with Crippen LogP contribution in [0.25, 0.3) is 10.2 Å². The van der Waals surface area contributed by atoms with E-state index in [2.05, 4.69) is 4.90 Å². The fourth-order valence-electron chi connectivity index (χ4n) is 3.54. The number of nitrogens with zero attached hydrogens (tertiary/aromatic N) is 3. The molecule has 4 rings (SSSR count). The van der Waals surface area contributed by atoms with E-state index in [1.54, 1.807) is 0 Å². The van der Waals surface area contributed by atoms with Crippen molar-refractivity contribution < 1.29 is 9.53 Å². The number of morpholine rings is 1. The number of carbonyl (C=O) groups excluding carboxylic acids is 1. The van der Waals surface area contributed by atoms with Crippen molar-refractivity contribution in [3.8, 4) is 0 Å². The number of hydrogen-bond acceptors (Lipinski definition) is 5. The van der Waals surface area contributed by atoms with Gasteiger partial charge in [-0.25, -0.2) is 4.98 Å². The average Bonchev–Trinajstić information content (AvgIpc) is 3.13. The van der Waals surface area contributed by atoms with Gasteiger partial charge in [-0.1, -0.05) is 40.6 Å². The van der Waals surface area contributed by atoms with Gasteiger partial charge in [0.05, 0.1) is 23.4 Å². The average molecular weight is 430 g/mol. The molecule has 0 unspecified atom stereocenters. The lowest BCUT2D eigenvalue weighted by molar-refractivity contribution is 0.0391. The van der Waals surface area contributed by atoms with Gasteiger partial charge in [0.15, 0.2) is 5.13 Å². The third-order valence-electron chi connectivity index (χ3n) is 5.12. The molecule has 1 amide bonds. The summed E-state index contributed by atoms with van der Waals surface area (Å²) in [6.07, 6.45) is 0. The van der Waals surface area contributed by atoms with E-state index in [9.17, 15) is 4.79 Å². The van der Waals surface area contributed by atoms with Crippen molar-refractivity contribution in [3.63, 3.8) is 0 Å². The number of thiazole rings is 1. The Kier molecular flexibility index (Phi) is 6.15. The molecule has 5 nitrogen and oxygen atoms in total. The largest absolute Gasteiger partial charge is 0.379 e. The summed E-state index contributed by atoms with van der Waals surface area (Å²) in [7, 11) is 0. The fourth-order valence-corrected chi connectivity index (χ4v) is 4.99. The topological polar surface area (TPSA) is 45.7 Å². The summed E-state index contributed by atoms with van der Waals surface area (Å²) in [6, 6.07) is 11.5. The lowest BCUT2D eigenvalue weighted by Crippen LogP contribution is -2.43. The van der Waals surface area contributed by atoms with Crippen LogP contribution >= 0.6 is 22.9 Å². The van der Waals surface area contributed by atoms with E-state index < -0.39 is 0 Å². The predicted molar refractivity (Wildman–Crippen MR) is 119 cm³/mol. The van der Waals surface area contributed by atoms with Gasteiger partial charge in [0, 0.05) is 36.8 Å². The van der Waals surface area contributed by atoms with Crippen molar-refractivity contribution >= 4 is 44.2 Å². The number of halogens is 1. The van der Waals surface area contributed by atoms with Crippen molar-refractivity contribution in [3.05, 3.63) is 58.1 Å². The van der Waals surface area contributed by atoms with E-state index >= 15 is 0 Å². The quantitative estimate of drug-likeness (QED) is 0.597. The van der Waals surface area contributed by atoms with E-state index in [1.165, 1.54) is 11.3 Å². The Morgan fingerprint density at radius 2 is 2.03 bits per heavy atom. The smallest absolute Gasteiger partial charge is 0.260 e. The molecule has 3 aromatic rings. The Labute approximate surface area is 179 Å². The summed E-state index contributed by atoms with van der Waals surface area (Å²) < 4.78 is 6.44. The Balaban J connectivity index is 1.67. The molecule has 0 saturated carbocycles. The Bertz CT molecular complexity index is 1030. The Hall–Kier alpha value is -1.99. The van der Waals surface area contributed by atoms with Gasteiger partial charge in [0.1, 0.15) is 0 Å². The van der Waals surface area contributed by atoms with Crippen LogP contribution in [0.4, 0.5) is 5.13 Å². The number of aryl methyl sites for hydroxylation is 2. The highest BCUT2D eigenvalue weighted by Crippen LogP contribution is 2.33. The zero-order valence-electron chi connectivity index (χ0n) is 16.7. The zero-order chi connectivity index (χ0) is 20.4. The maximum absolute atomic E-state index is 13.4. The molecule has 0 bridgehead atoms. The van der Waals surface area contributed by atoms with Gasteiger partial charge in [-0.15, -0.1) is 0 Å². The number of amides is 1. The van der Waals surface area contributed by atoms with Crippen LogP contribution in [-0.4, -0.2) is 55.2 Å². The standard InChI is InChI=1S/C22H24ClN3O2S/c1-15-4-3-5-17(12-15)21(27)26(7-6-25-8-10-28-11-9-25)22-24-20-16(2)13-18(23)14-19(20)29-22/h3-5,12-14H,6-11H2,1-2H3. The van der Waals surface area contributed by atoms with E-state index in [-0.39, 0.29) is 5.91 Å². The van der Waals surface area contributed by atoms with Crippen LogP contribution in [0.2, 0.25) is 5.02 Å². The van der Waals surface area contributed by atoms with Crippen LogP contribution in [0.15, 0.2) is 36.4 Å². The molecule has 1 saturated heterocycles. The molecule has 2 aromatic carbocycles. The highest BCUT2D eigenvalue weighted by molar-refractivity contribution is 7.22. The van der Waals surface area contributed by atoms with Gasteiger partial charge in [-0.3, -0.25) is 14.6 Å². The molecule has 0 N–H and O–H groups in total. The lowest BCUT2D eigenvalue weighted by atomic mass is 10.1. The minimum atomic E-state index is -0.0234. The van der Waals surface area contributed by atoms with Crippen LogP contribution in [0.3, 0.4) is 0 Å². The molecule has 0 aliphatic carbocycles. The predicted octanol–water partition coefficient (Wildman–Crippen LogP) is 4.55. The SMILES string of the molecule is Cc1cccc(C(=O)N(CCN2CCOCC2)c2nc3c(C)cc(Cl)cc3s2)c1. The molecule has 7 heteroatoms. The van der Waals surface area contributed by atoms with Crippen LogP contribution in [0.5, 0.6) is 0 Å². The number of hydrogen-bond donors (Lipinski definition) is 0. The van der Waals surface area contributed by atoms with E-state index in [0.717, 1.165) is 54.2 Å². The summed E-state index contributed by atoms with van der Waals surface area (Å²) >= 11 is 7.75. The number of fused-ring (bicyclic) bond motifs is 1. The van der Waals surface area contributed by atoms with Gasteiger partial charge >= 0.3 is 0 Å². The van der Waals surface area contributed by atoms with Gasteiger partial charge in [0.2, 0.25) is 0 Å². The van der Waals surface area contributed by atoms with Crippen LogP contribution in [-0.2, 0) is 4.74 Å². The van der Waals surface area contributed by atoms with Crippen LogP contribution < -0.4 is 4.90 Å². The highest BCUT2D eigenvalue weighted by Gasteiger charge is 2.23. The van der Waals surface area contributed by atoms with Crippen LogP contribution in [0.1, 0.15) is 21.5 Å². The van der Waals surface area contributed by atoms with Crippen molar-refractivity contribution in [2.75, 3.05) is 44.3 Å². The summed E-state index contributed by atoms with van der Waals surface area (Å²) in [5, 5.41) is 1.40. The first-order valence-corrected chi connectivity index (χ1v) is 11.0. The number of benzene rings is 2. The summed E-state index contributed by atoms with van der Waals surface area (Å²) in [6.45, 7) is 8.63. The maximum Gasteiger partial charge on any atom is 0.260 e. The van der Waals surface area contributed by atoms with Gasteiger partial charge < -0.3 is 4.74 Å². The summed E-state index contributed by atoms with van der Waals surface area (Å²) in [5.41, 5.74) is 3.67. The minimum absolute atomic E-state index is 0.0234. The van der Waals surface area contributed by atoms with Gasteiger partial charge in [0.25, 0.3) is 5.91 Å². The monoisotopic (exact) mass is 429 g/mol. The Morgan fingerprint density at radius 1 is 1.24 bits per heavy atom. The highest BCUT2D eigenvalue weighted by atomic mass is 35.5. The van der Waals surface area contributed by atoms with Crippen molar-refractivity contribution in [1.82, 2.24) is 9.88 Å². The Morgan fingerprint density at radius 3 is 2.79 bits per heavy atom. The molecular weight excluding hydrogens is 406 g/mol. The third-order valence-corrected chi connectivity index (χ3v) is 6.37. The molecule has 1 fully saturated rings. The number of ether oxygens (including phenoxy) is 1. The summed E-state index contributed by atoms with van der Waals surface area (Å²) in [4.78, 5) is 22.4. The van der Waals surface area contributed by atoms with Crippen molar-refractivity contribution in [1.29, 1.82) is 0 Å². The molecule has 1 aromatic heterocycles. The molecule has 1 aliphatic rings. The summed E-state index contributed by atoms with van der Waals surface area (Å²) in [5.74, 6) is -0.0234. The second-order valence-corrected chi connectivity index (χ2v) is 8.79. The first-order valence-electron chi connectivity index (χ1n) is 9.76. The molecule has 0 spiro atoms. The lowest BCUT2D eigenvalue weighted by Gasteiger charge is -2.29. The van der Waals surface area contributed by atoms with Gasteiger partial charge in [-0.2, -0.15) is 0 Å². The van der Waals surface area contributed by atoms with Crippen molar-refractivity contribution in [2.45, 2.75) is 13.8 Å². The van der Waals surface area contributed by atoms with Crippen LogP contribution in [0, 0.1) is 13.8 Å². The second-order valence-electron chi connectivity index (χ2n) is 7.35. The maximum atomic E-state index is 13.4. The van der Waals surface area contributed by atoms with Gasteiger partial charge in [-0.05, 0) is 43.7 Å². The van der Waals surface area contributed by atoms with E-state index in [4.69, 9.17) is 21.3 Å². The van der Waals surface area contributed by atoms with E-state index in [0.29, 0.717) is 22.3 Å². The number of aromatic nitrogens is 1. The number of carbonyl (C=O) groups is 1. The number of anilines is 1. The van der Waals surface area contributed by atoms with Crippen molar-refractivity contribution in [2.24, 2.45) is 0 Å². The first kappa shape index (κ1) is 20.3. The minimum Gasteiger partial charge on any atom is -0.379 e. The third kappa shape index (κ3) is 4.61. The fraction of sp³-hybridized carbons (Fsp3) is 0.364. The molecular formula is C22H24ClN3O2S.